The molecule has 14 heavy (non-hydrogen) atoms. The lowest BCUT2D eigenvalue weighted by Gasteiger charge is -2.03. The van der Waals surface area contributed by atoms with E-state index in [9.17, 15) is 4.79 Å². The third-order valence-corrected chi connectivity index (χ3v) is 2.64. The molecule has 0 unspecified atom stereocenters. The van der Waals surface area contributed by atoms with Crippen molar-refractivity contribution in [3.8, 4) is 0 Å². The maximum absolute atomic E-state index is 11.4. The quantitative estimate of drug-likeness (QED) is 0.684. The number of hydrogen-bond acceptors (Lipinski definition) is 2. The minimum atomic E-state index is -0.0404. The van der Waals surface area contributed by atoms with Crippen LogP contribution in [-0.4, -0.2) is 5.97 Å². The van der Waals surface area contributed by atoms with E-state index < -0.39 is 0 Å². The van der Waals surface area contributed by atoms with Crippen LogP contribution in [0, 0.1) is 11.8 Å². The van der Waals surface area contributed by atoms with Crippen LogP contribution in [0.3, 0.4) is 0 Å². The normalized spacial score (nSPS) is 24.4. The van der Waals surface area contributed by atoms with Crippen molar-refractivity contribution in [2.24, 2.45) is 11.8 Å². The van der Waals surface area contributed by atoms with Crippen LogP contribution in [0.4, 0.5) is 0 Å². The first-order chi connectivity index (χ1) is 6.77. The molecule has 0 spiro atoms. The lowest BCUT2D eigenvalue weighted by atomic mass is 10.2. The molecule has 1 aliphatic rings. The van der Waals surface area contributed by atoms with E-state index in [1.807, 2.05) is 30.3 Å². The van der Waals surface area contributed by atoms with Crippen LogP contribution in [-0.2, 0) is 16.1 Å². The van der Waals surface area contributed by atoms with Gasteiger partial charge < -0.3 is 4.74 Å². The zero-order valence-corrected chi connectivity index (χ0v) is 8.27. The van der Waals surface area contributed by atoms with Gasteiger partial charge in [-0.15, -0.1) is 0 Å². The molecule has 0 saturated heterocycles. The molecule has 0 N–H and O–H groups in total. The Morgan fingerprint density at radius 1 is 1.43 bits per heavy atom. The van der Waals surface area contributed by atoms with E-state index in [1.165, 1.54) is 0 Å². The third kappa shape index (κ3) is 2.13. The summed E-state index contributed by atoms with van der Waals surface area (Å²) in [6, 6.07) is 9.77. The van der Waals surface area contributed by atoms with Gasteiger partial charge in [0.2, 0.25) is 0 Å². The molecule has 2 rings (SSSR count). The zero-order chi connectivity index (χ0) is 9.97. The molecule has 2 nitrogen and oxygen atoms in total. The van der Waals surface area contributed by atoms with Gasteiger partial charge in [0.05, 0.1) is 5.92 Å². The summed E-state index contributed by atoms with van der Waals surface area (Å²) in [6.45, 7) is 2.48. The van der Waals surface area contributed by atoms with E-state index in [0.717, 1.165) is 12.0 Å². The molecule has 2 heteroatoms. The third-order valence-electron chi connectivity index (χ3n) is 2.64. The van der Waals surface area contributed by atoms with Gasteiger partial charge in [0.1, 0.15) is 6.61 Å². The molecule has 1 aromatic carbocycles. The van der Waals surface area contributed by atoms with Gasteiger partial charge in [-0.05, 0) is 17.9 Å². The average Bonchev–Trinajstić information content (AvgIpc) is 2.94. The van der Waals surface area contributed by atoms with Crippen molar-refractivity contribution in [3.05, 3.63) is 35.9 Å². The first-order valence-corrected chi connectivity index (χ1v) is 4.98. The summed E-state index contributed by atoms with van der Waals surface area (Å²) in [6.07, 6.45) is 0.994. The van der Waals surface area contributed by atoms with Crippen LogP contribution < -0.4 is 0 Å². The highest BCUT2D eigenvalue weighted by atomic mass is 16.5. The average molecular weight is 190 g/mol. The van der Waals surface area contributed by atoms with E-state index in [2.05, 4.69) is 6.92 Å². The Morgan fingerprint density at radius 2 is 2.07 bits per heavy atom. The molecule has 0 heterocycles. The van der Waals surface area contributed by atoms with E-state index in [4.69, 9.17) is 4.74 Å². The Labute approximate surface area is 83.9 Å². The van der Waals surface area contributed by atoms with Crippen LogP contribution in [0.5, 0.6) is 0 Å². The highest BCUT2D eigenvalue weighted by Crippen LogP contribution is 2.38. The lowest BCUT2D eigenvalue weighted by molar-refractivity contribution is -0.146. The maximum Gasteiger partial charge on any atom is 0.309 e. The summed E-state index contributed by atoms with van der Waals surface area (Å²) in [5, 5.41) is 0. The fourth-order valence-electron chi connectivity index (χ4n) is 1.49. The molecule has 0 radical (unpaired) electrons. The van der Waals surface area contributed by atoms with Gasteiger partial charge in [0.25, 0.3) is 0 Å². The summed E-state index contributed by atoms with van der Waals surface area (Å²) < 4.78 is 5.18. The SMILES string of the molecule is C[C@H]1C[C@H]1C(=O)OCc1ccccc1. The van der Waals surface area contributed by atoms with Crippen molar-refractivity contribution in [2.75, 3.05) is 0 Å². The second-order valence-corrected chi connectivity index (χ2v) is 3.91. The van der Waals surface area contributed by atoms with Gasteiger partial charge in [0, 0.05) is 0 Å². The minimum Gasteiger partial charge on any atom is -0.461 e. The van der Waals surface area contributed by atoms with Crippen LogP contribution in [0.2, 0.25) is 0 Å². The summed E-state index contributed by atoms with van der Waals surface area (Å²) in [5.41, 5.74) is 1.05. The van der Waals surface area contributed by atoms with Crippen molar-refractivity contribution in [1.82, 2.24) is 0 Å². The molecule has 1 aliphatic carbocycles. The van der Waals surface area contributed by atoms with Crippen LogP contribution in [0.1, 0.15) is 18.9 Å². The molecule has 74 valence electrons. The van der Waals surface area contributed by atoms with Crippen LogP contribution >= 0.6 is 0 Å². The summed E-state index contributed by atoms with van der Waals surface area (Å²) in [4.78, 5) is 11.4. The fraction of sp³-hybridized carbons (Fsp3) is 0.417. The second-order valence-electron chi connectivity index (χ2n) is 3.91. The first-order valence-electron chi connectivity index (χ1n) is 4.98. The summed E-state index contributed by atoms with van der Waals surface area (Å²) in [5.74, 6) is 0.651. The number of ether oxygens (including phenoxy) is 1. The Balaban J connectivity index is 1.80. The molecule has 1 saturated carbocycles. The summed E-state index contributed by atoms with van der Waals surface area (Å²) >= 11 is 0. The predicted octanol–water partition coefficient (Wildman–Crippen LogP) is 2.39. The van der Waals surface area contributed by atoms with Crippen LogP contribution in [0.25, 0.3) is 0 Å². The Bertz CT molecular complexity index is 318. The molecule has 0 amide bonds. The molecule has 0 aliphatic heterocycles. The van der Waals surface area contributed by atoms with E-state index in [1.54, 1.807) is 0 Å². The van der Waals surface area contributed by atoms with Gasteiger partial charge in [-0.25, -0.2) is 0 Å². The van der Waals surface area contributed by atoms with Crippen molar-refractivity contribution >= 4 is 5.97 Å². The zero-order valence-electron chi connectivity index (χ0n) is 8.27. The molecular formula is C12H14O2. The monoisotopic (exact) mass is 190 g/mol. The highest BCUT2D eigenvalue weighted by Gasteiger charge is 2.40. The summed E-state index contributed by atoms with van der Waals surface area (Å²) in [7, 11) is 0. The lowest BCUT2D eigenvalue weighted by Crippen LogP contribution is -2.07. The predicted molar refractivity (Wildman–Crippen MR) is 53.5 cm³/mol. The number of esters is 1. The number of rotatable bonds is 3. The number of benzene rings is 1. The van der Waals surface area contributed by atoms with Crippen molar-refractivity contribution in [3.63, 3.8) is 0 Å². The minimum absolute atomic E-state index is 0.0404. The van der Waals surface area contributed by atoms with Gasteiger partial charge in [-0.3, -0.25) is 4.79 Å². The second kappa shape index (κ2) is 3.82. The van der Waals surface area contributed by atoms with Gasteiger partial charge in [-0.1, -0.05) is 37.3 Å². The number of carbonyl (C=O) groups excluding carboxylic acids is 1. The Hall–Kier alpha value is -1.31. The van der Waals surface area contributed by atoms with Gasteiger partial charge >= 0.3 is 5.97 Å². The van der Waals surface area contributed by atoms with E-state index >= 15 is 0 Å². The van der Waals surface area contributed by atoms with E-state index in [-0.39, 0.29) is 11.9 Å². The van der Waals surface area contributed by atoms with Crippen molar-refractivity contribution < 1.29 is 9.53 Å². The molecule has 0 aromatic heterocycles. The van der Waals surface area contributed by atoms with Crippen molar-refractivity contribution in [1.29, 1.82) is 0 Å². The Kier molecular flexibility index (Phi) is 2.53. The standard InChI is InChI=1S/C12H14O2/c1-9-7-11(9)12(13)14-8-10-5-3-2-4-6-10/h2-6,9,11H,7-8H2,1H3/t9-,11+/m0/s1. The maximum atomic E-state index is 11.4. The van der Waals surface area contributed by atoms with Crippen LogP contribution in [0.15, 0.2) is 30.3 Å². The molecule has 2 atom stereocenters. The van der Waals surface area contributed by atoms with E-state index in [0.29, 0.717) is 12.5 Å². The topological polar surface area (TPSA) is 26.3 Å². The van der Waals surface area contributed by atoms with Gasteiger partial charge in [0.15, 0.2) is 0 Å². The fourth-order valence-corrected chi connectivity index (χ4v) is 1.49. The Morgan fingerprint density at radius 3 is 2.64 bits per heavy atom. The number of hydrogen-bond donors (Lipinski definition) is 0. The largest absolute Gasteiger partial charge is 0.461 e. The molecule has 1 aromatic rings. The molecule has 1 fully saturated rings. The first kappa shape index (κ1) is 9.25. The smallest absolute Gasteiger partial charge is 0.309 e. The van der Waals surface area contributed by atoms with Crippen molar-refractivity contribution in [2.45, 2.75) is 20.0 Å². The van der Waals surface area contributed by atoms with Gasteiger partial charge in [-0.2, -0.15) is 0 Å². The number of carbonyl (C=O) groups is 1. The molecular weight excluding hydrogens is 176 g/mol. The molecule has 0 bridgehead atoms. The highest BCUT2D eigenvalue weighted by molar-refractivity contribution is 5.75.